The second-order valence-corrected chi connectivity index (χ2v) is 4.71. The number of ether oxygens (including phenoxy) is 1. The summed E-state index contributed by atoms with van der Waals surface area (Å²) in [5.74, 6) is 0.850. The molecule has 1 aliphatic carbocycles. The highest BCUT2D eigenvalue weighted by Gasteiger charge is 2.25. The highest BCUT2D eigenvalue weighted by Crippen LogP contribution is 2.30. The zero-order valence-electron chi connectivity index (χ0n) is 11.3. The first-order chi connectivity index (χ1) is 9.78. The molecule has 1 heterocycles. The van der Waals surface area contributed by atoms with Crippen LogP contribution in [0.5, 0.6) is 5.75 Å². The molecule has 3 nitrogen and oxygen atoms in total. The molecule has 0 spiro atoms. The zero-order valence-corrected chi connectivity index (χ0v) is 11.3. The maximum absolute atomic E-state index is 12.4. The van der Waals surface area contributed by atoms with Crippen LogP contribution < -0.4 is 4.74 Å². The number of benzene rings is 1. The molecule has 0 fully saturated rings. The van der Waals surface area contributed by atoms with E-state index in [1.54, 1.807) is 12.4 Å². The van der Waals surface area contributed by atoms with Crippen LogP contribution in [0.2, 0.25) is 0 Å². The molecule has 0 unspecified atom stereocenters. The Morgan fingerprint density at radius 1 is 1.25 bits per heavy atom. The van der Waals surface area contributed by atoms with Crippen molar-refractivity contribution in [3.8, 4) is 5.75 Å². The van der Waals surface area contributed by atoms with Gasteiger partial charge in [0.1, 0.15) is 5.75 Å². The van der Waals surface area contributed by atoms with Crippen molar-refractivity contribution in [3.63, 3.8) is 0 Å². The van der Waals surface area contributed by atoms with Crippen LogP contribution in [-0.2, 0) is 6.42 Å². The van der Waals surface area contributed by atoms with Crippen LogP contribution in [0.25, 0.3) is 6.08 Å². The van der Waals surface area contributed by atoms with Gasteiger partial charge < -0.3 is 4.74 Å². The maximum atomic E-state index is 12.4. The van der Waals surface area contributed by atoms with Crippen LogP contribution in [-0.4, -0.2) is 17.4 Å². The number of rotatable bonds is 3. The Kier molecular flexibility index (Phi) is 3.33. The maximum Gasteiger partial charge on any atom is 0.189 e. The summed E-state index contributed by atoms with van der Waals surface area (Å²) in [5.41, 5.74) is 3.65. The van der Waals surface area contributed by atoms with Crippen LogP contribution in [0, 0.1) is 0 Å². The number of hydrogen-bond acceptors (Lipinski definition) is 3. The molecule has 1 aromatic carbocycles. The minimum Gasteiger partial charge on any atom is -0.494 e. The van der Waals surface area contributed by atoms with E-state index in [1.165, 1.54) is 0 Å². The number of nitrogens with zero attached hydrogens (tertiary/aromatic N) is 1. The molecule has 1 aliphatic rings. The minimum atomic E-state index is 0.0957. The average molecular weight is 265 g/mol. The first-order valence-electron chi connectivity index (χ1n) is 6.69. The summed E-state index contributed by atoms with van der Waals surface area (Å²) in [7, 11) is 0. The van der Waals surface area contributed by atoms with Crippen molar-refractivity contribution in [2.75, 3.05) is 6.61 Å². The Balaban J connectivity index is 1.93. The molecule has 0 radical (unpaired) electrons. The van der Waals surface area contributed by atoms with Crippen molar-refractivity contribution in [1.29, 1.82) is 0 Å². The Bertz CT molecular complexity index is 675. The van der Waals surface area contributed by atoms with E-state index in [-0.39, 0.29) is 5.78 Å². The molecular weight excluding hydrogens is 250 g/mol. The predicted octanol–water partition coefficient (Wildman–Crippen LogP) is 3.30. The summed E-state index contributed by atoms with van der Waals surface area (Å²) in [6, 6.07) is 9.54. The molecule has 0 saturated carbocycles. The molecule has 20 heavy (non-hydrogen) atoms. The van der Waals surface area contributed by atoms with Gasteiger partial charge in [-0.25, -0.2) is 0 Å². The number of carbonyl (C=O) groups is 1. The van der Waals surface area contributed by atoms with Gasteiger partial charge in [-0.2, -0.15) is 0 Å². The number of pyridine rings is 1. The van der Waals surface area contributed by atoms with Crippen LogP contribution >= 0.6 is 0 Å². The highest BCUT2D eigenvalue weighted by molar-refractivity contribution is 6.15. The first kappa shape index (κ1) is 12.6. The van der Waals surface area contributed by atoms with Crippen molar-refractivity contribution in [2.45, 2.75) is 13.3 Å². The fourth-order valence-electron chi connectivity index (χ4n) is 2.41. The number of fused-ring (bicyclic) bond motifs is 1. The zero-order chi connectivity index (χ0) is 13.9. The molecule has 0 amide bonds. The number of ketones is 1. The van der Waals surface area contributed by atoms with Gasteiger partial charge in [0.15, 0.2) is 5.78 Å². The van der Waals surface area contributed by atoms with Crippen LogP contribution in [0.3, 0.4) is 0 Å². The van der Waals surface area contributed by atoms with Crippen LogP contribution in [0.1, 0.15) is 28.4 Å². The summed E-state index contributed by atoms with van der Waals surface area (Å²) < 4.78 is 5.45. The van der Waals surface area contributed by atoms with Crippen molar-refractivity contribution in [2.24, 2.45) is 0 Å². The van der Waals surface area contributed by atoms with Gasteiger partial charge >= 0.3 is 0 Å². The van der Waals surface area contributed by atoms with Gasteiger partial charge in [0.05, 0.1) is 6.61 Å². The molecule has 1 aromatic heterocycles. The predicted molar refractivity (Wildman–Crippen MR) is 77.9 cm³/mol. The molecule has 0 saturated heterocycles. The van der Waals surface area contributed by atoms with Gasteiger partial charge in [-0.3, -0.25) is 9.78 Å². The van der Waals surface area contributed by atoms with Gasteiger partial charge in [0.25, 0.3) is 0 Å². The number of hydrogen-bond donors (Lipinski definition) is 0. The SMILES string of the molecule is CCOc1ccc2c(c1)C(=O)C(=Cc1ccncc1)C2. The lowest BCUT2D eigenvalue weighted by Crippen LogP contribution is -1.97. The van der Waals surface area contributed by atoms with Gasteiger partial charge in [-0.1, -0.05) is 6.07 Å². The third kappa shape index (κ3) is 2.35. The molecule has 2 aromatic rings. The Labute approximate surface area is 117 Å². The molecule has 100 valence electrons. The van der Waals surface area contributed by atoms with Gasteiger partial charge in [-0.05, 0) is 48.4 Å². The third-order valence-corrected chi connectivity index (χ3v) is 3.36. The smallest absolute Gasteiger partial charge is 0.189 e. The molecule has 0 atom stereocenters. The van der Waals surface area contributed by atoms with Crippen LogP contribution in [0.4, 0.5) is 0 Å². The lowest BCUT2D eigenvalue weighted by Gasteiger charge is -2.04. The lowest BCUT2D eigenvalue weighted by atomic mass is 10.1. The third-order valence-electron chi connectivity index (χ3n) is 3.36. The number of carbonyl (C=O) groups excluding carboxylic acids is 1. The van der Waals surface area contributed by atoms with Gasteiger partial charge in [-0.15, -0.1) is 0 Å². The van der Waals surface area contributed by atoms with E-state index < -0.39 is 0 Å². The van der Waals surface area contributed by atoms with Gasteiger partial charge in [0, 0.05) is 30.0 Å². The van der Waals surface area contributed by atoms with Crippen molar-refractivity contribution in [3.05, 3.63) is 65.0 Å². The lowest BCUT2D eigenvalue weighted by molar-refractivity contribution is 0.104. The summed E-state index contributed by atoms with van der Waals surface area (Å²) in [6.45, 7) is 2.54. The van der Waals surface area contributed by atoms with E-state index >= 15 is 0 Å². The van der Waals surface area contributed by atoms with E-state index in [1.807, 2.05) is 43.3 Å². The van der Waals surface area contributed by atoms with E-state index in [2.05, 4.69) is 4.98 Å². The Hall–Kier alpha value is -2.42. The second kappa shape index (κ2) is 5.29. The normalized spacial score (nSPS) is 15.4. The van der Waals surface area contributed by atoms with Crippen molar-refractivity contribution < 1.29 is 9.53 Å². The fourth-order valence-corrected chi connectivity index (χ4v) is 2.41. The molecular formula is C17H15NO2. The van der Waals surface area contributed by atoms with E-state index in [0.717, 1.165) is 28.0 Å². The summed E-state index contributed by atoms with van der Waals surface area (Å²) in [6.07, 6.45) is 6.07. The average Bonchev–Trinajstić information content (AvgIpc) is 2.77. The second-order valence-electron chi connectivity index (χ2n) is 4.71. The molecule has 0 aliphatic heterocycles. The molecule has 3 heteroatoms. The van der Waals surface area contributed by atoms with Crippen molar-refractivity contribution in [1.82, 2.24) is 4.98 Å². The quantitative estimate of drug-likeness (QED) is 0.799. The summed E-state index contributed by atoms with van der Waals surface area (Å²) >= 11 is 0. The van der Waals surface area contributed by atoms with Crippen LogP contribution in [0.15, 0.2) is 48.3 Å². The molecule has 0 N–H and O–H groups in total. The number of allylic oxidation sites excluding steroid dienone is 1. The molecule has 3 rings (SSSR count). The largest absolute Gasteiger partial charge is 0.494 e. The summed E-state index contributed by atoms with van der Waals surface area (Å²) in [5, 5.41) is 0. The minimum absolute atomic E-state index is 0.0957. The summed E-state index contributed by atoms with van der Waals surface area (Å²) in [4.78, 5) is 16.4. The topological polar surface area (TPSA) is 39.2 Å². The Morgan fingerprint density at radius 3 is 2.80 bits per heavy atom. The Morgan fingerprint density at radius 2 is 2.05 bits per heavy atom. The highest BCUT2D eigenvalue weighted by atomic mass is 16.5. The fraction of sp³-hybridized carbons (Fsp3) is 0.176. The van der Waals surface area contributed by atoms with E-state index in [0.29, 0.717) is 13.0 Å². The monoisotopic (exact) mass is 265 g/mol. The van der Waals surface area contributed by atoms with E-state index in [9.17, 15) is 4.79 Å². The van der Waals surface area contributed by atoms with E-state index in [4.69, 9.17) is 4.74 Å². The molecule has 0 bridgehead atoms. The first-order valence-corrected chi connectivity index (χ1v) is 6.69. The standard InChI is InChI=1S/C17H15NO2/c1-2-20-15-4-3-13-10-14(17(19)16(13)11-15)9-12-5-7-18-8-6-12/h3-9,11H,2,10H2,1H3. The number of Topliss-reactive ketones (excluding diaryl/α,β-unsaturated/α-hetero) is 1. The van der Waals surface area contributed by atoms with Gasteiger partial charge in [0.2, 0.25) is 0 Å². The number of aromatic nitrogens is 1. The van der Waals surface area contributed by atoms with Crippen molar-refractivity contribution >= 4 is 11.9 Å².